The van der Waals surface area contributed by atoms with E-state index in [4.69, 9.17) is 4.74 Å². The van der Waals surface area contributed by atoms with Crippen LogP contribution in [0.3, 0.4) is 0 Å². The van der Waals surface area contributed by atoms with Crippen LogP contribution in [-0.4, -0.2) is 28.6 Å². The zero-order chi connectivity index (χ0) is 17.8. The first-order valence-electron chi connectivity index (χ1n) is 8.07. The molecule has 0 unspecified atom stereocenters. The molecule has 1 aromatic heterocycles. The molecule has 1 aliphatic heterocycles. The number of anilines is 1. The van der Waals surface area contributed by atoms with Crippen molar-refractivity contribution in [2.75, 3.05) is 12.4 Å². The van der Waals surface area contributed by atoms with Gasteiger partial charge in [0.2, 0.25) is 5.91 Å². The Kier molecular flexibility index (Phi) is 4.80. The number of nitrogens with zero attached hydrogens (tertiary/aromatic N) is 3. The number of Topliss-reactive ketones (excluding diaryl/α,β-unsaturated/α-hetero) is 1. The van der Waals surface area contributed by atoms with Gasteiger partial charge in [-0.3, -0.25) is 14.3 Å². The Labute approximate surface area is 145 Å². The lowest BCUT2D eigenvalue weighted by Crippen LogP contribution is -2.29. The fourth-order valence-electron chi connectivity index (χ4n) is 2.91. The zero-order valence-electron chi connectivity index (χ0n) is 13.9. The van der Waals surface area contributed by atoms with Gasteiger partial charge in [0.05, 0.1) is 24.9 Å². The van der Waals surface area contributed by atoms with Crippen LogP contribution in [0, 0.1) is 17.2 Å². The highest BCUT2D eigenvalue weighted by molar-refractivity contribution is 6.15. The van der Waals surface area contributed by atoms with Crippen molar-refractivity contribution in [3.63, 3.8) is 0 Å². The van der Waals surface area contributed by atoms with E-state index >= 15 is 0 Å². The van der Waals surface area contributed by atoms with Crippen molar-refractivity contribution < 1.29 is 14.3 Å². The number of ketones is 1. The number of hydrogen-bond acceptors (Lipinski definition) is 5. The molecule has 2 aromatic rings. The van der Waals surface area contributed by atoms with Gasteiger partial charge in [-0.2, -0.15) is 10.4 Å². The number of nitriles is 1. The largest absolute Gasteiger partial charge is 0.497 e. The van der Waals surface area contributed by atoms with E-state index in [1.165, 1.54) is 6.20 Å². The molecule has 1 aromatic carbocycles. The first kappa shape index (κ1) is 16.7. The summed E-state index contributed by atoms with van der Waals surface area (Å²) in [6.07, 6.45) is 4.19. The molecule has 0 saturated carbocycles. The van der Waals surface area contributed by atoms with Crippen LogP contribution in [0.2, 0.25) is 0 Å². The SMILES string of the molecule is COc1ccc(NC(=O)[C@@H](C#N)C(=O)c2cnn3c2CCCC3)cc1. The molecule has 7 heteroatoms. The second-order valence-corrected chi connectivity index (χ2v) is 5.83. The molecule has 128 valence electrons. The maximum atomic E-state index is 12.7. The van der Waals surface area contributed by atoms with Crippen LogP contribution in [0.1, 0.15) is 28.9 Å². The summed E-state index contributed by atoms with van der Waals surface area (Å²) in [7, 11) is 1.55. The maximum absolute atomic E-state index is 12.7. The van der Waals surface area contributed by atoms with Gasteiger partial charge in [0.1, 0.15) is 5.75 Å². The average molecular weight is 338 g/mol. The number of ether oxygens (including phenoxy) is 1. The number of rotatable bonds is 5. The van der Waals surface area contributed by atoms with Crippen molar-refractivity contribution in [2.45, 2.75) is 25.8 Å². The van der Waals surface area contributed by atoms with E-state index in [1.807, 2.05) is 6.07 Å². The number of carbonyl (C=O) groups excluding carboxylic acids is 2. The molecule has 0 spiro atoms. The fourth-order valence-corrected chi connectivity index (χ4v) is 2.91. The molecule has 1 amide bonds. The van der Waals surface area contributed by atoms with Crippen LogP contribution >= 0.6 is 0 Å². The van der Waals surface area contributed by atoms with Gasteiger partial charge in [-0.05, 0) is 43.5 Å². The summed E-state index contributed by atoms with van der Waals surface area (Å²) in [6, 6.07) is 8.49. The standard InChI is InChI=1S/C18H18N4O3/c1-25-13-7-5-12(6-8-13)21-18(24)14(10-19)17(23)15-11-20-22-9-3-2-4-16(15)22/h5-8,11,14H,2-4,9H2,1H3,(H,21,24)/t14-/m0/s1. The highest BCUT2D eigenvalue weighted by Crippen LogP contribution is 2.22. The van der Waals surface area contributed by atoms with Crippen LogP contribution in [0.25, 0.3) is 0 Å². The minimum absolute atomic E-state index is 0.371. The number of fused-ring (bicyclic) bond motifs is 1. The Balaban J connectivity index is 1.76. The average Bonchev–Trinajstić information content (AvgIpc) is 3.07. The van der Waals surface area contributed by atoms with Gasteiger partial charge < -0.3 is 10.1 Å². The summed E-state index contributed by atoms with van der Waals surface area (Å²) in [4.78, 5) is 25.1. The molecular formula is C18H18N4O3. The lowest BCUT2D eigenvalue weighted by molar-refractivity contribution is -0.117. The lowest BCUT2D eigenvalue weighted by Gasteiger charge is -2.15. The number of aromatic nitrogens is 2. The number of benzene rings is 1. The molecule has 0 bridgehead atoms. The first-order chi connectivity index (χ1) is 12.1. The van der Waals surface area contributed by atoms with Crippen LogP contribution in [0.4, 0.5) is 5.69 Å². The second kappa shape index (κ2) is 7.18. The normalized spacial score (nSPS) is 14.1. The Hall–Kier alpha value is -3.14. The summed E-state index contributed by atoms with van der Waals surface area (Å²) in [5, 5.41) is 16.2. The van der Waals surface area contributed by atoms with Crippen molar-refractivity contribution in [3.05, 3.63) is 41.7 Å². The number of carbonyl (C=O) groups is 2. The third-order valence-corrected chi connectivity index (χ3v) is 4.26. The number of nitrogens with one attached hydrogen (secondary N) is 1. The number of aryl methyl sites for hydroxylation is 1. The van der Waals surface area contributed by atoms with Gasteiger partial charge >= 0.3 is 0 Å². The Morgan fingerprint density at radius 3 is 2.76 bits per heavy atom. The number of amides is 1. The molecule has 3 rings (SSSR count). The van der Waals surface area contributed by atoms with Crippen molar-refractivity contribution in [1.29, 1.82) is 5.26 Å². The molecule has 0 saturated heterocycles. The summed E-state index contributed by atoms with van der Waals surface area (Å²) >= 11 is 0. The van der Waals surface area contributed by atoms with Gasteiger partial charge in [0.25, 0.3) is 0 Å². The predicted molar refractivity (Wildman–Crippen MR) is 90.2 cm³/mol. The Morgan fingerprint density at radius 1 is 1.32 bits per heavy atom. The summed E-state index contributed by atoms with van der Waals surface area (Å²) in [5.41, 5.74) is 1.68. The lowest BCUT2D eigenvalue weighted by atomic mass is 9.95. The molecule has 0 fully saturated rings. The van der Waals surface area contributed by atoms with Crippen LogP contribution in [-0.2, 0) is 17.8 Å². The number of hydrogen-bond donors (Lipinski definition) is 1. The molecule has 1 atom stereocenters. The fraction of sp³-hybridized carbons (Fsp3) is 0.333. The van der Waals surface area contributed by atoms with Crippen molar-refractivity contribution >= 4 is 17.4 Å². The van der Waals surface area contributed by atoms with E-state index < -0.39 is 17.6 Å². The van der Waals surface area contributed by atoms with E-state index in [2.05, 4.69) is 10.4 Å². The van der Waals surface area contributed by atoms with Gasteiger partial charge in [-0.15, -0.1) is 0 Å². The highest BCUT2D eigenvalue weighted by Gasteiger charge is 2.31. The predicted octanol–water partition coefficient (Wildman–Crippen LogP) is 2.19. The van der Waals surface area contributed by atoms with Gasteiger partial charge in [0.15, 0.2) is 11.7 Å². The van der Waals surface area contributed by atoms with Crippen LogP contribution < -0.4 is 10.1 Å². The van der Waals surface area contributed by atoms with Crippen molar-refractivity contribution in [3.8, 4) is 11.8 Å². The van der Waals surface area contributed by atoms with Crippen LogP contribution in [0.15, 0.2) is 30.5 Å². The summed E-state index contributed by atoms with van der Waals surface area (Å²) < 4.78 is 6.84. The second-order valence-electron chi connectivity index (χ2n) is 5.83. The van der Waals surface area contributed by atoms with E-state index in [1.54, 1.807) is 36.1 Å². The number of methoxy groups -OCH3 is 1. The van der Waals surface area contributed by atoms with Crippen LogP contribution in [0.5, 0.6) is 5.75 Å². The molecule has 2 heterocycles. The molecule has 7 nitrogen and oxygen atoms in total. The van der Waals surface area contributed by atoms with Gasteiger partial charge in [-0.1, -0.05) is 0 Å². The topological polar surface area (TPSA) is 97.0 Å². The molecule has 0 aliphatic carbocycles. The maximum Gasteiger partial charge on any atom is 0.249 e. The highest BCUT2D eigenvalue weighted by atomic mass is 16.5. The summed E-state index contributed by atoms with van der Waals surface area (Å²) in [6.45, 7) is 0.762. The molecule has 1 N–H and O–H groups in total. The van der Waals surface area contributed by atoms with E-state index in [0.29, 0.717) is 17.0 Å². The Bertz CT molecular complexity index is 833. The molecule has 1 aliphatic rings. The monoisotopic (exact) mass is 338 g/mol. The summed E-state index contributed by atoms with van der Waals surface area (Å²) in [5.74, 6) is -1.90. The van der Waals surface area contributed by atoms with Gasteiger partial charge in [0, 0.05) is 17.9 Å². The van der Waals surface area contributed by atoms with Crippen molar-refractivity contribution in [2.24, 2.45) is 5.92 Å². The molecule has 0 radical (unpaired) electrons. The minimum atomic E-state index is -1.40. The van der Waals surface area contributed by atoms with E-state index in [0.717, 1.165) is 31.5 Å². The smallest absolute Gasteiger partial charge is 0.249 e. The zero-order valence-corrected chi connectivity index (χ0v) is 13.9. The third kappa shape index (κ3) is 3.38. The van der Waals surface area contributed by atoms with E-state index in [9.17, 15) is 14.9 Å². The third-order valence-electron chi connectivity index (χ3n) is 4.26. The minimum Gasteiger partial charge on any atom is -0.497 e. The molecular weight excluding hydrogens is 320 g/mol. The molecule has 25 heavy (non-hydrogen) atoms. The Morgan fingerprint density at radius 2 is 2.08 bits per heavy atom. The quantitative estimate of drug-likeness (QED) is 0.666. The van der Waals surface area contributed by atoms with E-state index in [-0.39, 0.29) is 0 Å². The van der Waals surface area contributed by atoms with Crippen molar-refractivity contribution in [1.82, 2.24) is 9.78 Å². The van der Waals surface area contributed by atoms with Gasteiger partial charge in [-0.25, -0.2) is 0 Å². The first-order valence-corrected chi connectivity index (χ1v) is 8.07.